The zero-order chi connectivity index (χ0) is 21.0. The molecule has 2 aromatic rings. The summed E-state index contributed by atoms with van der Waals surface area (Å²) >= 11 is 0. The minimum Gasteiger partial charge on any atom is -0.267 e. The molecular formula is C21H21N3O4S. The Morgan fingerprint density at radius 3 is 2.17 bits per heavy atom. The van der Waals surface area contributed by atoms with Gasteiger partial charge < -0.3 is 0 Å². The van der Waals surface area contributed by atoms with Gasteiger partial charge in [-0.05, 0) is 37.6 Å². The molecule has 150 valence electrons. The van der Waals surface area contributed by atoms with Gasteiger partial charge in [-0.1, -0.05) is 35.9 Å². The smallest absolute Gasteiger partial charge is 0.267 e. The summed E-state index contributed by atoms with van der Waals surface area (Å²) in [7, 11) is -3.69. The number of sulfonamides is 1. The van der Waals surface area contributed by atoms with Gasteiger partial charge in [-0.2, -0.15) is 14.4 Å². The second kappa shape index (κ2) is 8.50. The Bertz CT molecular complexity index is 1040. The second-order valence-electron chi connectivity index (χ2n) is 6.52. The number of fused-ring (bicyclic) bond motifs is 1. The zero-order valence-corrected chi connectivity index (χ0v) is 16.8. The van der Waals surface area contributed by atoms with Gasteiger partial charge in [0.25, 0.3) is 11.8 Å². The maximum atomic E-state index is 12.9. The summed E-state index contributed by atoms with van der Waals surface area (Å²) in [6, 6.07) is 13.1. The molecule has 0 saturated carbocycles. The average Bonchev–Trinajstić information content (AvgIpc) is 2.95. The molecule has 3 rings (SSSR count). The average molecular weight is 411 g/mol. The van der Waals surface area contributed by atoms with Gasteiger partial charge in [-0.25, -0.2) is 8.42 Å². The van der Waals surface area contributed by atoms with E-state index in [-0.39, 0.29) is 24.4 Å². The van der Waals surface area contributed by atoms with Crippen LogP contribution < -0.4 is 0 Å². The van der Waals surface area contributed by atoms with Crippen LogP contribution in [0.5, 0.6) is 0 Å². The van der Waals surface area contributed by atoms with Gasteiger partial charge in [0, 0.05) is 19.3 Å². The quantitative estimate of drug-likeness (QED) is 0.380. The van der Waals surface area contributed by atoms with Gasteiger partial charge >= 0.3 is 0 Å². The number of carbonyl (C=O) groups is 2. The normalized spacial score (nSPS) is 14.1. The number of amides is 2. The third-order valence-electron chi connectivity index (χ3n) is 4.47. The Labute approximate surface area is 170 Å². The summed E-state index contributed by atoms with van der Waals surface area (Å²) < 4.78 is 27.0. The van der Waals surface area contributed by atoms with Crippen molar-refractivity contribution < 1.29 is 18.0 Å². The largest absolute Gasteiger partial charge is 0.282 e. The molecule has 0 unspecified atom stereocenters. The van der Waals surface area contributed by atoms with E-state index in [0.717, 1.165) is 10.6 Å². The number of hydrogen-bond donors (Lipinski definition) is 0. The van der Waals surface area contributed by atoms with E-state index in [9.17, 15) is 18.0 Å². The SMILES string of the molecule is C=CCN(CC/C=N/N1C(=O)c2ccccc2C1=O)S(=O)(=O)c1ccc(C)cc1. The highest BCUT2D eigenvalue weighted by Gasteiger charge is 2.35. The lowest BCUT2D eigenvalue weighted by atomic mass is 10.1. The lowest BCUT2D eigenvalue weighted by Gasteiger charge is -2.20. The first-order chi connectivity index (χ1) is 13.9. The van der Waals surface area contributed by atoms with Crippen LogP contribution in [-0.4, -0.2) is 48.9 Å². The topological polar surface area (TPSA) is 87.1 Å². The Kier molecular flexibility index (Phi) is 6.05. The minimum atomic E-state index is -3.69. The predicted octanol–water partition coefficient (Wildman–Crippen LogP) is 2.84. The molecule has 8 heteroatoms. The van der Waals surface area contributed by atoms with Gasteiger partial charge in [0.15, 0.2) is 0 Å². The number of nitrogens with zero attached hydrogens (tertiary/aromatic N) is 3. The highest BCUT2D eigenvalue weighted by Crippen LogP contribution is 2.22. The number of imide groups is 1. The van der Waals surface area contributed by atoms with Crippen molar-refractivity contribution in [3.8, 4) is 0 Å². The molecule has 7 nitrogen and oxygen atoms in total. The van der Waals surface area contributed by atoms with Gasteiger partial charge in [0.05, 0.1) is 16.0 Å². The van der Waals surface area contributed by atoms with Crippen LogP contribution in [0, 0.1) is 6.92 Å². The highest BCUT2D eigenvalue weighted by atomic mass is 32.2. The van der Waals surface area contributed by atoms with E-state index in [1.807, 2.05) is 6.92 Å². The summed E-state index contributed by atoms with van der Waals surface area (Å²) in [5, 5.41) is 4.76. The summed E-state index contributed by atoms with van der Waals surface area (Å²) in [5.74, 6) is -0.978. The molecule has 0 aromatic heterocycles. The molecule has 0 saturated heterocycles. The lowest BCUT2D eigenvalue weighted by Crippen LogP contribution is -2.32. The van der Waals surface area contributed by atoms with Crippen LogP contribution in [0.25, 0.3) is 0 Å². The maximum Gasteiger partial charge on any atom is 0.282 e. The standard InChI is InChI=1S/C21H21N3O4S/c1-3-14-23(29(27,28)17-11-9-16(2)10-12-17)15-6-13-22-24-20(25)18-7-4-5-8-19(18)21(24)26/h3-5,7-13H,1,6,14-15H2,2H3/b22-13+. The van der Waals surface area contributed by atoms with Crippen LogP contribution in [0.4, 0.5) is 0 Å². The van der Waals surface area contributed by atoms with Crippen molar-refractivity contribution in [2.24, 2.45) is 5.10 Å². The number of hydrazone groups is 1. The summed E-state index contributed by atoms with van der Waals surface area (Å²) in [4.78, 5) is 24.8. The predicted molar refractivity (Wildman–Crippen MR) is 110 cm³/mol. The molecular weight excluding hydrogens is 390 g/mol. The van der Waals surface area contributed by atoms with Gasteiger partial charge in [0.2, 0.25) is 10.0 Å². The van der Waals surface area contributed by atoms with Crippen LogP contribution >= 0.6 is 0 Å². The summed E-state index contributed by atoms with van der Waals surface area (Å²) in [5.41, 5.74) is 1.59. The van der Waals surface area contributed by atoms with Gasteiger partial charge in [0.1, 0.15) is 0 Å². The molecule has 29 heavy (non-hydrogen) atoms. The second-order valence-corrected chi connectivity index (χ2v) is 8.46. The van der Waals surface area contributed by atoms with E-state index >= 15 is 0 Å². The van der Waals surface area contributed by atoms with E-state index in [1.54, 1.807) is 48.5 Å². The molecule has 0 atom stereocenters. The fraction of sp³-hybridized carbons (Fsp3) is 0.190. The molecule has 0 bridgehead atoms. The van der Waals surface area contributed by atoms with Crippen LogP contribution in [0.2, 0.25) is 0 Å². The molecule has 1 aliphatic heterocycles. The van der Waals surface area contributed by atoms with Gasteiger partial charge in [-0.3, -0.25) is 9.59 Å². The first kappa shape index (κ1) is 20.6. The number of aryl methyl sites for hydroxylation is 1. The van der Waals surface area contributed by atoms with Crippen molar-refractivity contribution in [2.45, 2.75) is 18.2 Å². The molecule has 1 heterocycles. The molecule has 1 aliphatic rings. The molecule has 2 amide bonds. The first-order valence-corrected chi connectivity index (χ1v) is 10.5. The monoisotopic (exact) mass is 411 g/mol. The fourth-order valence-electron chi connectivity index (χ4n) is 2.94. The van der Waals surface area contributed by atoms with Crippen molar-refractivity contribution in [1.29, 1.82) is 0 Å². The van der Waals surface area contributed by atoms with Crippen molar-refractivity contribution in [3.63, 3.8) is 0 Å². The highest BCUT2D eigenvalue weighted by molar-refractivity contribution is 7.89. The number of hydrogen-bond acceptors (Lipinski definition) is 5. The molecule has 0 radical (unpaired) electrons. The lowest BCUT2D eigenvalue weighted by molar-refractivity contribution is 0.0659. The third kappa shape index (κ3) is 4.18. The van der Waals surface area contributed by atoms with Crippen molar-refractivity contribution in [1.82, 2.24) is 9.31 Å². The Morgan fingerprint density at radius 2 is 1.62 bits per heavy atom. The maximum absolute atomic E-state index is 12.9. The molecule has 0 spiro atoms. The number of rotatable bonds is 8. The van der Waals surface area contributed by atoms with Crippen molar-refractivity contribution in [3.05, 3.63) is 77.9 Å². The zero-order valence-electron chi connectivity index (χ0n) is 16.0. The van der Waals surface area contributed by atoms with Crippen LogP contribution in [-0.2, 0) is 10.0 Å². The van der Waals surface area contributed by atoms with E-state index < -0.39 is 21.8 Å². The molecule has 0 N–H and O–H groups in total. The van der Waals surface area contributed by atoms with E-state index in [4.69, 9.17) is 0 Å². The molecule has 2 aromatic carbocycles. The molecule has 0 aliphatic carbocycles. The summed E-state index contributed by atoms with van der Waals surface area (Å²) in [6.45, 7) is 5.77. The third-order valence-corrected chi connectivity index (χ3v) is 6.35. The van der Waals surface area contributed by atoms with Gasteiger partial charge in [-0.15, -0.1) is 6.58 Å². The number of benzene rings is 2. The first-order valence-electron chi connectivity index (χ1n) is 9.04. The van der Waals surface area contributed by atoms with Crippen molar-refractivity contribution in [2.75, 3.05) is 13.1 Å². The van der Waals surface area contributed by atoms with Crippen LogP contribution in [0.15, 0.2) is 71.2 Å². The van der Waals surface area contributed by atoms with Crippen molar-refractivity contribution >= 4 is 28.1 Å². The summed E-state index contributed by atoms with van der Waals surface area (Å²) in [6.07, 6.45) is 3.11. The van der Waals surface area contributed by atoms with E-state index in [0.29, 0.717) is 11.1 Å². The van der Waals surface area contributed by atoms with Crippen LogP contribution in [0.1, 0.15) is 32.7 Å². The molecule has 0 fully saturated rings. The Morgan fingerprint density at radius 1 is 1.03 bits per heavy atom. The van der Waals surface area contributed by atoms with E-state index in [2.05, 4.69) is 11.7 Å². The number of carbonyl (C=O) groups excluding carboxylic acids is 2. The van der Waals surface area contributed by atoms with Crippen LogP contribution in [0.3, 0.4) is 0 Å². The fourth-order valence-corrected chi connectivity index (χ4v) is 4.36. The van der Waals surface area contributed by atoms with E-state index in [1.165, 1.54) is 16.6 Å². The minimum absolute atomic E-state index is 0.134. The Balaban J connectivity index is 1.69. The Hall–Kier alpha value is -3.10.